The number of hydrogen-bond donors (Lipinski definition) is 1. The zero-order valence-corrected chi connectivity index (χ0v) is 10.9. The van der Waals surface area contributed by atoms with E-state index >= 15 is 0 Å². The van der Waals surface area contributed by atoms with E-state index in [1.807, 2.05) is 6.07 Å². The van der Waals surface area contributed by atoms with Gasteiger partial charge in [0.05, 0.1) is 17.4 Å². The van der Waals surface area contributed by atoms with Crippen molar-refractivity contribution in [2.24, 2.45) is 0 Å². The topological polar surface area (TPSA) is 51.8 Å². The molecule has 1 N–H and O–H groups in total. The highest BCUT2D eigenvalue weighted by Crippen LogP contribution is 2.40. The zero-order chi connectivity index (χ0) is 13.2. The number of hydrogen-bond acceptors (Lipinski definition) is 4. The normalized spacial score (nSPS) is 15.3. The van der Waals surface area contributed by atoms with Gasteiger partial charge in [0, 0.05) is 6.42 Å². The highest BCUT2D eigenvalue weighted by Gasteiger charge is 2.20. The summed E-state index contributed by atoms with van der Waals surface area (Å²) in [6.07, 6.45) is 1.28. The maximum Gasteiger partial charge on any atom is 0.179 e. The predicted molar refractivity (Wildman–Crippen MR) is 69.8 cm³/mol. The van der Waals surface area contributed by atoms with E-state index in [0.717, 1.165) is 5.76 Å². The Morgan fingerprint density at radius 2 is 2.11 bits per heavy atom. The second-order valence-corrected chi connectivity index (χ2v) is 4.73. The molecule has 0 saturated heterocycles. The maximum atomic E-state index is 10.2. The van der Waals surface area contributed by atoms with Crippen LogP contribution in [0, 0.1) is 0 Å². The van der Waals surface area contributed by atoms with Gasteiger partial charge in [-0.3, -0.25) is 0 Å². The third kappa shape index (κ3) is 2.55. The molecule has 0 radical (unpaired) electrons. The van der Waals surface area contributed by atoms with Crippen molar-refractivity contribution in [3.63, 3.8) is 0 Å². The van der Waals surface area contributed by atoms with Crippen molar-refractivity contribution in [2.45, 2.75) is 12.5 Å². The fourth-order valence-corrected chi connectivity index (χ4v) is 2.33. The first-order chi connectivity index (χ1) is 9.24. The van der Waals surface area contributed by atoms with E-state index in [0.29, 0.717) is 41.7 Å². The summed E-state index contributed by atoms with van der Waals surface area (Å²) in [5, 5.41) is 10.7. The summed E-state index contributed by atoms with van der Waals surface area (Å²) in [6.45, 7) is 0.974. The lowest BCUT2D eigenvalue weighted by atomic mass is 10.0. The van der Waals surface area contributed by atoms with Gasteiger partial charge in [-0.05, 0) is 29.8 Å². The molecule has 1 unspecified atom stereocenters. The van der Waals surface area contributed by atoms with E-state index in [2.05, 4.69) is 0 Å². The first-order valence-corrected chi connectivity index (χ1v) is 6.41. The van der Waals surface area contributed by atoms with E-state index < -0.39 is 6.10 Å². The summed E-state index contributed by atoms with van der Waals surface area (Å²) >= 11 is 6.13. The Hall–Kier alpha value is -1.65. The Kier molecular flexibility index (Phi) is 3.36. The van der Waals surface area contributed by atoms with E-state index in [-0.39, 0.29) is 0 Å². The number of furan rings is 1. The summed E-state index contributed by atoms with van der Waals surface area (Å²) in [7, 11) is 0. The van der Waals surface area contributed by atoms with Gasteiger partial charge in [0.15, 0.2) is 11.5 Å². The number of halogens is 1. The lowest BCUT2D eigenvalue weighted by molar-refractivity contribution is 0.161. The average Bonchev–Trinajstić information content (AvgIpc) is 2.91. The van der Waals surface area contributed by atoms with Crippen LogP contribution in [0.2, 0.25) is 5.02 Å². The molecule has 0 fully saturated rings. The number of benzene rings is 1. The smallest absolute Gasteiger partial charge is 0.179 e. The predicted octanol–water partition coefficient (Wildman–Crippen LogP) is 2.98. The summed E-state index contributed by atoms with van der Waals surface area (Å²) in [5.74, 6) is 1.84. The van der Waals surface area contributed by atoms with Gasteiger partial charge in [-0.25, -0.2) is 0 Å². The van der Waals surface area contributed by atoms with Gasteiger partial charge in [-0.1, -0.05) is 11.6 Å². The largest absolute Gasteiger partial charge is 0.486 e. The van der Waals surface area contributed by atoms with Crippen molar-refractivity contribution in [3.8, 4) is 11.5 Å². The molecule has 0 aliphatic carbocycles. The molecule has 0 amide bonds. The monoisotopic (exact) mass is 280 g/mol. The Morgan fingerprint density at radius 3 is 2.89 bits per heavy atom. The first-order valence-electron chi connectivity index (χ1n) is 6.03. The molecule has 1 atom stereocenters. The molecule has 0 bridgehead atoms. The molecule has 1 aromatic heterocycles. The van der Waals surface area contributed by atoms with Gasteiger partial charge in [0.2, 0.25) is 0 Å². The van der Waals surface area contributed by atoms with Crippen LogP contribution in [-0.4, -0.2) is 18.3 Å². The first kappa shape index (κ1) is 12.4. The lowest BCUT2D eigenvalue weighted by Crippen LogP contribution is -2.16. The van der Waals surface area contributed by atoms with Crippen LogP contribution in [0.1, 0.15) is 17.4 Å². The number of aliphatic hydroxyl groups is 1. The highest BCUT2D eigenvalue weighted by molar-refractivity contribution is 6.32. The number of ether oxygens (including phenoxy) is 2. The quantitative estimate of drug-likeness (QED) is 0.939. The second kappa shape index (κ2) is 5.15. The van der Waals surface area contributed by atoms with Crippen LogP contribution in [0.15, 0.2) is 34.9 Å². The minimum atomic E-state index is -0.695. The third-order valence-corrected chi connectivity index (χ3v) is 3.26. The van der Waals surface area contributed by atoms with E-state index in [1.165, 1.54) is 0 Å². The Labute approximate surface area is 115 Å². The molecule has 0 spiro atoms. The van der Waals surface area contributed by atoms with Crippen molar-refractivity contribution >= 4 is 11.6 Å². The number of rotatable bonds is 3. The van der Waals surface area contributed by atoms with Gasteiger partial charge < -0.3 is 19.0 Å². The number of aliphatic hydroxyl groups excluding tert-OH is 1. The Bertz CT molecular complexity index is 565. The standard InChI is InChI=1S/C14H13ClO4/c15-11-6-9(7-13-14(11)19-5-4-18-13)12(16)8-10-2-1-3-17-10/h1-3,6-7,12,16H,4-5,8H2. The van der Waals surface area contributed by atoms with Crippen LogP contribution >= 0.6 is 11.6 Å². The van der Waals surface area contributed by atoms with Crippen molar-refractivity contribution in [1.82, 2.24) is 0 Å². The maximum absolute atomic E-state index is 10.2. The summed E-state index contributed by atoms with van der Waals surface area (Å²) in [5.41, 5.74) is 0.686. The minimum Gasteiger partial charge on any atom is -0.486 e. The molecule has 100 valence electrons. The molecular weight excluding hydrogens is 268 g/mol. The SMILES string of the molecule is OC(Cc1ccco1)c1cc(Cl)c2c(c1)OCCO2. The van der Waals surface area contributed by atoms with Crippen LogP contribution in [0.25, 0.3) is 0 Å². The molecule has 2 heterocycles. The zero-order valence-electron chi connectivity index (χ0n) is 10.1. The van der Waals surface area contributed by atoms with Gasteiger partial charge in [0.25, 0.3) is 0 Å². The van der Waals surface area contributed by atoms with E-state index in [1.54, 1.807) is 24.5 Å². The van der Waals surface area contributed by atoms with Crippen molar-refractivity contribution in [1.29, 1.82) is 0 Å². The Morgan fingerprint density at radius 1 is 1.26 bits per heavy atom. The van der Waals surface area contributed by atoms with Crippen LogP contribution < -0.4 is 9.47 Å². The van der Waals surface area contributed by atoms with Crippen molar-refractivity contribution in [2.75, 3.05) is 13.2 Å². The third-order valence-electron chi connectivity index (χ3n) is 2.98. The molecule has 1 aromatic carbocycles. The van der Waals surface area contributed by atoms with Crippen LogP contribution in [0.4, 0.5) is 0 Å². The summed E-state index contributed by atoms with van der Waals surface area (Å²) in [4.78, 5) is 0. The highest BCUT2D eigenvalue weighted by atomic mass is 35.5. The van der Waals surface area contributed by atoms with Crippen LogP contribution in [-0.2, 0) is 6.42 Å². The second-order valence-electron chi connectivity index (χ2n) is 4.33. The van der Waals surface area contributed by atoms with Crippen LogP contribution in [0.3, 0.4) is 0 Å². The molecule has 2 aromatic rings. The Balaban J connectivity index is 1.86. The van der Waals surface area contributed by atoms with Gasteiger partial charge >= 0.3 is 0 Å². The van der Waals surface area contributed by atoms with Gasteiger partial charge in [-0.2, -0.15) is 0 Å². The van der Waals surface area contributed by atoms with Gasteiger partial charge in [-0.15, -0.1) is 0 Å². The minimum absolute atomic E-state index is 0.392. The van der Waals surface area contributed by atoms with Crippen LogP contribution in [0.5, 0.6) is 11.5 Å². The molecular formula is C14H13ClO4. The van der Waals surface area contributed by atoms with E-state index in [9.17, 15) is 5.11 Å². The van der Waals surface area contributed by atoms with Crippen molar-refractivity contribution < 1.29 is 19.0 Å². The fraction of sp³-hybridized carbons (Fsp3) is 0.286. The molecule has 1 aliphatic rings. The van der Waals surface area contributed by atoms with Gasteiger partial charge in [0.1, 0.15) is 19.0 Å². The summed E-state index contributed by atoms with van der Waals surface area (Å²) in [6, 6.07) is 7.07. The van der Waals surface area contributed by atoms with E-state index in [4.69, 9.17) is 25.5 Å². The molecule has 1 aliphatic heterocycles. The van der Waals surface area contributed by atoms with Crippen molar-refractivity contribution in [3.05, 3.63) is 46.9 Å². The molecule has 4 nitrogen and oxygen atoms in total. The summed E-state index contributed by atoms with van der Waals surface area (Å²) < 4.78 is 16.1. The molecule has 19 heavy (non-hydrogen) atoms. The average molecular weight is 281 g/mol. The molecule has 3 rings (SSSR count). The fourth-order valence-electron chi connectivity index (χ4n) is 2.06. The lowest BCUT2D eigenvalue weighted by Gasteiger charge is -2.21. The molecule has 5 heteroatoms. The number of fused-ring (bicyclic) bond motifs is 1. The molecule has 0 saturated carbocycles.